The number of ether oxygens (including phenoxy) is 1. The molecule has 1 saturated carbocycles. The molecule has 1 fully saturated rings. The molecule has 0 amide bonds. The number of rotatable bonds is 2. The summed E-state index contributed by atoms with van der Waals surface area (Å²) in [7, 11) is 1.46. The molecule has 1 aliphatic carbocycles. The van der Waals surface area contributed by atoms with E-state index in [1.54, 1.807) is 0 Å². The molecule has 2 N–H and O–H groups in total. The second-order valence-electron chi connectivity index (χ2n) is 3.48. The van der Waals surface area contributed by atoms with Gasteiger partial charge in [0.05, 0.1) is 13.0 Å². The molecular formula is C9H18ClNO2. The average Bonchev–Trinajstić information content (AvgIpc) is 2.17. The summed E-state index contributed by atoms with van der Waals surface area (Å²) in [6.45, 7) is 0.758. The van der Waals surface area contributed by atoms with Crippen LogP contribution in [-0.4, -0.2) is 19.6 Å². The van der Waals surface area contributed by atoms with E-state index in [1.807, 2.05) is 0 Å². The molecule has 1 aliphatic rings. The Morgan fingerprint density at radius 1 is 1.46 bits per heavy atom. The molecule has 0 aromatic rings. The molecule has 3 nitrogen and oxygen atoms in total. The van der Waals surface area contributed by atoms with Gasteiger partial charge >= 0.3 is 7.40 Å². The van der Waals surface area contributed by atoms with E-state index in [2.05, 4.69) is 4.74 Å². The Kier molecular flexibility index (Phi) is 6.08. The van der Waals surface area contributed by atoms with Crippen molar-refractivity contribution in [2.75, 3.05) is 13.7 Å². The molecule has 0 radical (unpaired) electrons. The maximum Gasteiger partial charge on any atom is 1.00 e. The van der Waals surface area contributed by atoms with Gasteiger partial charge < -0.3 is 22.9 Å². The summed E-state index contributed by atoms with van der Waals surface area (Å²) in [6.07, 6.45) is 4.07. The van der Waals surface area contributed by atoms with Gasteiger partial charge in [0, 0.05) is 0 Å². The van der Waals surface area contributed by atoms with Crippen molar-refractivity contribution in [3.63, 3.8) is 0 Å². The Labute approximate surface area is 86.9 Å². The van der Waals surface area contributed by atoms with Gasteiger partial charge in [0.15, 0.2) is 0 Å². The van der Waals surface area contributed by atoms with Crippen LogP contribution in [0.4, 0.5) is 0 Å². The molecule has 0 bridgehead atoms. The maximum atomic E-state index is 11.1. The number of nitrogens with two attached hydrogens (primary N) is 1. The third-order valence-electron chi connectivity index (χ3n) is 2.71. The van der Waals surface area contributed by atoms with Crippen LogP contribution in [0.5, 0.6) is 0 Å². The number of halogens is 1. The number of hydrogen-bond acceptors (Lipinski definition) is 3. The van der Waals surface area contributed by atoms with Crippen LogP contribution in [-0.2, 0) is 9.53 Å². The highest BCUT2D eigenvalue weighted by Gasteiger charge is 2.25. The van der Waals surface area contributed by atoms with Crippen molar-refractivity contribution < 1.29 is 23.4 Å². The molecule has 0 heterocycles. The highest BCUT2D eigenvalue weighted by atomic mass is 35.5. The Morgan fingerprint density at radius 2 is 2.00 bits per heavy atom. The normalized spacial score (nSPS) is 27.5. The van der Waals surface area contributed by atoms with Gasteiger partial charge in [-0.2, -0.15) is 0 Å². The lowest BCUT2D eigenvalue weighted by Gasteiger charge is -2.25. The third kappa shape index (κ3) is 3.53. The van der Waals surface area contributed by atoms with Crippen LogP contribution < -0.4 is 18.1 Å². The molecule has 1 rings (SSSR count). The first kappa shape index (κ1) is 12.7. The largest absolute Gasteiger partial charge is 1.00 e. The van der Waals surface area contributed by atoms with Crippen molar-refractivity contribution in [2.24, 2.45) is 17.6 Å². The van der Waals surface area contributed by atoms with Crippen LogP contribution >= 0.6 is 0 Å². The second-order valence-corrected chi connectivity index (χ2v) is 3.48. The van der Waals surface area contributed by atoms with Crippen molar-refractivity contribution in [1.29, 1.82) is 0 Å². The molecule has 13 heavy (non-hydrogen) atoms. The molecular weight excluding hydrogens is 190 g/mol. The van der Waals surface area contributed by atoms with E-state index >= 15 is 0 Å². The van der Waals surface area contributed by atoms with E-state index in [9.17, 15) is 4.79 Å². The third-order valence-corrected chi connectivity index (χ3v) is 2.71. The molecule has 78 valence electrons. The smallest absolute Gasteiger partial charge is 1.00 e. The predicted octanol–water partition coefficient (Wildman–Crippen LogP) is -1.96. The van der Waals surface area contributed by atoms with E-state index in [1.165, 1.54) is 7.11 Å². The van der Waals surface area contributed by atoms with Crippen molar-refractivity contribution in [1.82, 2.24) is 0 Å². The fourth-order valence-corrected chi connectivity index (χ4v) is 1.80. The predicted molar refractivity (Wildman–Crippen MR) is 47.6 cm³/mol. The van der Waals surface area contributed by atoms with Crippen LogP contribution in [0.1, 0.15) is 27.1 Å². The van der Waals surface area contributed by atoms with E-state index in [0.29, 0.717) is 5.92 Å². The highest BCUT2D eigenvalue weighted by Crippen LogP contribution is 2.28. The van der Waals surface area contributed by atoms with Crippen molar-refractivity contribution in [2.45, 2.75) is 25.7 Å². The molecule has 4 heteroatoms. The monoisotopic (exact) mass is 207 g/mol. The first-order chi connectivity index (χ1) is 5.77. The zero-order valence-electron chi connectivity index (χ0n) is 8.96. The minimum Gasteiger partial charge on any atom is -1.00 e. The lowest BCUT2D eigenvalue weighted by molar-refractivity contribution is -0.146. The SMILES string of the molecule is COC(=O)[C@H]1CC[C@H](CN)CC1.[Cl-].[H+]. The van der Waals surface area contributed by atoms with Gasteiger partial charge in [0.25, 0.3) is 0 Å². The van der Waals surface area contributed by atoms with Gasteiger partial charge in [-0.25, -0.2) is 0 Å². The Bertz CT molecular complexity index is 161. The van der Waals surface area contributed by atoms with Crippen molar-refractivity contribution in [3.05, 3.63) is 0 Å². The summed E-state index contributed by atoms with van der Waals surface area (Å²) in [6, 6.07) is 0. The van der Waals surface area contributed by atoms with Gasteiger partial charge in [0.1, 0.15) is 0 Å². The van der Waals surface area contributed by atoms with E-state index in [-0.39, 0.29) is 25.7 Å². The van der Waals surface area contributed by atoms with Gasteiger partial charge in [-0.3, -0.25) is 4.79 Å². The fourth-order valence-electron chi connectivity index (χ4n) is 1.80. The van der Waals surface area contributed by atoms with Crippen molar-refractivity contribution in [3.8, 4) is 0 Å². The summed E-state index contributed by atoms with van der Waals surface area (Å²) >= 11 is 0. The van der Waals surface area contributed by atoms with Crippen LogP contribution in [0, 0.1) is 11.8 Å². The van der Waals surface area contributed by atoms with Crippen LogP contribution in [0.3, 0.4) is 0 Å². The standard InChI is InChI=1S/C9H17NO2.ClH/c1-12-9(11)8-4-2-7(6-10)3-5-8;/h7-8H,2-6,10H2,1H3;1H/t7-,8-;. The summed E-state index contributed by atoms with van der Waals surface area (Å²) < 4.78 is 4.69. The topological polar surface area (TPSA) is 52.3 Å². The molecule has 0 saturated heterocycles. The zero-order chi connectivity index (χ0) is 8.97. The lowest BCUT2D eigenvalue weighted by atomic mass is 9.82. The van der Waals surface area contributed by atoms with E-state index < -0.39 is 0 Å². The highest BCUT2D eigenvalue weighted by molar-refractivity contribution is 5.72. The number of hydrogen-bond donors (Lipinski definition) is 1. The quantitative estimate of drug-likeness (QED) is 0.536. The number of esters is 1. The lowest BCUT2D eigenvalue weighted by Crippen LogP contribution is -3.00. The minimum absolute atomic E-state index is 0. The Morgan fingerprint density at radius 3 is 2.38 bits per heavy atom. The molecule has 0 atom stereocenters. The average molecular weight is 208 g/mol. The van der Waals surface area contributed by atoms with Crippen LogP contribution in [0.25, 0.3) is 0 Å². The van der Waals surface area contributed by atoms with Gasteiger partial charge in [-0.1, -0.05) is 0 Å². The molecule has 0 aromatic carbocycles. The zero-order valence-corrected chi connectivity index (χ0v) is 8.72. The van der Waals surface area contributed by atoms with Gasteiger partial charge in [-0.15, -0.1) is 0 Å². The van der Waals surface area contributed by atoms with Crippen LogP contribution in [0.15, 0.2) is 0 Å². The van der Waals surface area contributed by atoms with E-state index in [4.69, 9.17) is 5.73 Å². The Hall–Kier alpha value is -0.280. The number of carbonyl (C=O) groups excluding carboxylic acids is 1. The summed E-state index contributed by atoms with van der Waals surface area (Å²) in [5.41, 5.74) is 5.54. The first-order valence-corrected chi connectivity index (χ1v) is 4.55. The summed E-state index contributed by atoms with van der Waals surface area (Å²) in [5, 5.41) is 0. The molecule has 0 aliphatic heterocycles. The minimum atomic E-state index is -0.0505. The molecule has 0 aromatic heterocycles. The molecule has 0 unspecified atom stereocenters. The maximum absolute atomic E-state index is 11.1. The fraction of sp³-hybridized carbons (Fsp3) is 0.889. The van der Waals surface area contributed by atoms with E-state index in [0.717, 1.165) is 32.2 Å². The number of methoxy groups -OCH3 is 1. The molecule has 0 spiro atoms. The van der Waals surface area contributed by atoms with Crippen LogP contribution in [0.2, 0.25) is 0 Å². The van der Waals surface area contributed by atoms with Gasteiger partial charge in [0.2, 0.25) is 0 Å². The van der Waals surface area contributed by atoms with Gasteiger partial charge in [-0.05, 0) is 38.1 Å². The second kappa shape index (κ2) is 6.22. The summed E-state index contributed by atoms with van der Waals surface area (Å²) in [4.78, 5) is 11.1. The number of carbonyl (C=O) groups is 1. The Balaban J connectivity index is 0. The first-order valence-electron chi connectivity index (χ1n) is 4.55. The summed E-state index contributed by atoms with van der Waals surface area (Å²) in [5.74, 6) is 0.717. The van der Waals surface area contributed by atoms with Crippen molar-refractivity contribution >= 4 is 5.97 Å².